The number of furan rings is 2. The Morgan fingerprint density at radius 2 is 0.942 bits per heavy atom. The molecule has 0 N–H and O–H groups in total. The van der Waals surface area contributed by atoms with Gasteiger partial charge in [0.05, 0.1) is 16.6 Å². The van der Waals surface area contributed by atoms with E-state index in [2.05, 4.69) is 180 Å². The van der Waals surface area contributed by atoms with Crippen LogP contribution in [0.3, 0.4) is 0 Å². The maximum Gasteiger partial charge on any atom is 0.167 e. The molecule has 0 aliphatic heterocycles. The number of aromatic nitrogens is 4. The molecule has 6 nitrogen and oxygen atoms in total. The van der Waals surface area contributed by atoms with E-state index >= 15 is 0 Å². The molecular formula is C63H36N4O2. The summed E-state index contributed by atoms with van der Waals surface area (Å²) in [6.07, 6.45) is 0. The van der Waals surface area contributed by atoms with Crippen LogP contribution in [0, 0.1) is 0 Å². The third-order valence-electron chi connectivity index (χ3n) is 14.0. The lowest BCUT2D eigenvalue weighted by Crippen LogP contribution is -2.00. The second kappa shape index (κ2) is 14.6. The summed E-state index contributed by atoms with van der Waals surface area (Å²) in [6.45, 7) is 0. The Bertz CT molecular complexity index is 4600. The fourth-order valence-corrected chi connectivity index (χ4v) is 10.7. The zero-order valence-corrected chi connectivity index (χ0v) is 36.9. The first-order valence-corrected chi connectivity index (χ1v) is 23.2. The largest absolute Gasteiger partial charge is 0.456 e. The summed E-state index contributed by atoms with van der Waals surface area (Å²) in [6, 6.07) is 77.0. The molecule has 11 aromatic carbocycles. The van der Waals surface area contributed by atoms with Crippen molar-refractivity contribution in [3.63, 3.8) is 0 Å². The first-order valence-electron chi connectivity index (χ1n) is 23.2. The Labute approximate surface area is 394 Å². The fraction of sp³-hybridized carbons (Fsp3) is 0. The Morgan fingerprint density at radius 1 is 0.319 bits per heavy atom. The number of nitrogens with zero attached hydrogens (tertiary/aromatic N) is 4. The molecule has 0 unspecified atom stereocenters. The lowest BCUT2D eigenvalue weighted by molar-refractivity contribution is 0.669. The van der Waals surface area contributed by atoms with Crippen LogP contribution in [0.15, 0.2) is 227 Å². The number of hydrogen-bond acceptors (Lipinski definition) is 5. The molecular weight excluding hydrogens is 845 g/mol. The lowest BCUT2D eigenvalue weighted by Gasteiger charge is -2.12. The Morgan fingerprint density at radius 3 is 1.81 bits per heavy atom. The predicted octanol–water partition coefficient (Wildman–Crippen LogP) is 16.9. The number of hydrogen-bond donors (Lipinski definition) is 0. The lowest BCUT2D eigenvalue weighted by atomic mass is 10.0. The molecule has 15 rings (SSSR count). The van der Waals surface area contributed by atoms with Crippen molar-refractivity contribution in [2.24, 2.45) is 0 Å². The van der Waals surface area contributed by atoms with E-state index in [9.17, 15) is 0 Å². The smallest absolute Gasteiger partial charge is 0.167 e. The summed E-state index contributed by atoms with van der Waals surface area (Å²) in [4.78, 5) is 15.7. The number of benzene rings is 11. The van der Waals surface area contributed by atoms with Crippen LogP contribution in [0.25, 0.3) is 149 Å². The molecule has 0 bridgehead atoms. The van der Waals surface area contributed by atoms with Crippen molar-refractivity contribution >= 4 is 98.0 Å². The van der Waals surface area contributed by atoms with Crippen molar-refractivity contribution in [2.75, 3.05) is 0 Å². The number of para-hydroxylation sites is 2. The Kier molecular flexibility index (Phi) is 7.97. The standard InChI is InChI=1S/C63H36N4O2/c1-2-11-37(12-3-1)38-21-23-41(24-22-38)61-64-62(66-63(65-61)50-19-10-18-49-47-17-8-9-20-55(47)69-60(49)50)44-28-31-56-53(34-44)58-51-36-45(29-25-40(51)27-32-57(58)68-56)67-54-35-43-15-5-4-14-42(43)33-52(54)48-30-26-39-13-6-7-16-46(39)59(48)67/h1-36H. The van der Waals surface area contributed by atoms with Gasteiger partial charge in [0.2, 0.25) is 0 Å². The highest BCUT2D eigenvalue weighted by Gasteiger charge is 2.21. The molecule has 0 fully saturated rings. The summed E-state index contributed by atoms with van der Waals surface area (Å²) in [5.41, 5.74) is 11.4. The quantitative estimate of drug-likeness (QED) is 0.172. The fourth-order valence-electron chi connectivity index (χ4n) is 10.7. The molecule has 0 aliphatic carbocycles. The maximum atomic E-state index is 6.67. The van der Waals surface area contributed by atoms with E-state index in [1.165, 1.54) is 43.4 Å². The summed E-state index contributed by atoms with van der Waals surface area (Å²) in [5.74, 6) is 1.66. The van der Waals surface area contributed by atoms with Gasteiger partial charge in [-0.1, -0.05) is 158 Å². The Balaban J connectivity index is 0.944. The van der Waals surface area contributed by atoms with E-state index in [1.54, 1.807) is 0 Å². The SMILES string of the molecule is c1ccc(-c2ccc(-c3nc(-c4ccc5oc6ccc7ccc(-n8c9cc%10ccccc%10cc9c9ccc%10ccccc%10c98)cc7c6c5c4)nc(-c4cccc5c4oc4ccccc45)n3)cc2)cc1. The summed E-state index contributed by atoms with van der Waals surface area (Å²) >= 11 is 0. The minimum atomic E-state index is 0.533. The van der Waals surface area contributed by atoms with Crippen LogP contribution in [-0.2, 0) is 0 Å². The molecule has 0 atom stereocenters. The van der Waals surface area contributed by atoms with E-state index in [-0.39, 0.29) is 0 Å². The highest BCUT2D eigenvalue weighted by Crippen LogP contribution is 2.42. The monoisotopic (exact) mass is 880 g/mol. The van der Waals surface area contributed by atoms with Gasteiger partial charge in [-0.25, -0.2) is 15.0 Å². The van der Waals surface area contributed by atoms with Gasteiger partial charge in [-0.2, -0.15) is 0 Å². The van der Waals surface area contributed by atoms with Gasteiger partial charge >= 0.3 is 0 Å². The third-order valence-corrected chi connectivity index (χ3v) is 14.0. The molecule has 0 saturated carbocycles. The van der Waals surface area contributed by atoms with Crippen LogP contribution < -0.4 is 0 Å². The molecule has 0 radical (unpaired) electrons. The molecule has 0 aliphatic rings. The highest BCUT2D eigenvalue weighted by atomic mass is 16.3. The average molecular weight is 881 g/mol. The van der Waals surface area contributed by atoms with Crippen LogP contribution in [0.4, 0.5) is 0 Å². The summed E-state index contributed by atoms with van der Waals surface area (Å²) in [7, 11) is 0. The van der Waals surface area contributed by atoms with Crippen LogP contribution in [0.1, 0.15) is 0 Å². The molecule has 15 aromatic rings. The van der Waals surface area contributed by atoms with E-state index in [4.69, 9.17) is 23.8 Å². The van der Waals surface area contributed by atoms with Gasteiger partial charge < -0.3 is 13.4 Å². The summed E-state index contributed by atoms with van der Waals surface area (Å²) in [5, 5.41) is 13.6. The molecule has 69 heavy (non-hydrogen) atoms. The van der Waals surface area contributed by atoms with Gasteiger partial charge in [-0.15, -0.1) is 0 Å². The normalized spacial score (nSPS) is 12.1. The van der Waals surface area contributed by atoms with Crippen molar-refractivity contribution in [1.82, 2.24) is 19.5 Å². The van der Waals surface area contributed by atoms with Crippen molar-refractivity contribution in [2.45, 2.75) is 0 Å². The molecule has 0 amide bonds. The highest BCUT2D eigenvalue weighted by molar-refractivity contribution is 6.22. The van der Waals surface area contributed by atoms with E-state index < -0.39 is 0 Å². The van der Waals surface area contributed by atoms with E-state index in [0.29, 0.717) is 17.5 Å². The van der Waals surface area contributed by atoms with Crippen molar-refractivity contribution < 1.29 is 8.83 Å². The first kappa shape index (κ1) is 37.8. The van der Waals surface area contributed by atoms with Crippen molar-refractivity contribution in [1.29, 1.82) is 0 Å². The zero-order chi connectivity index (χ0) is 45.2. The molecule has 320 valence electrons. The maximum absolute atomic E-state index is 6.67. The predicted molar refractivity (Wildman–Crippen MR) is 283 cm³/mol. The van der Waals surface area contributed by atoms with Gasteiger partial charge in [0.1, 0.15) is 22.3 Å². The Hall–Kier alpha value is -9.39. The van der Waals surface area contributed by atoms with Crippen molar-refractivity contribution in [3.8, 4) is 51.0 Å². The topological polar surface area (TPSA) is 69.9 Å². The van der Waals surface area contributed by atoms with Crippen molar-refractivity contribution in [3.05, 3.63) is 218 Å². The van der Waals surface area contributed by atoms with Gasteiger partial charge in [0.15, 0.2) is 17.5 Å². The molecule has 4 heterocycles. The van der Waals surface area contributed by atoms with E-state index in [1.807, 2.05) is 42.5 Å². The van der Waals surface area contributed by atoms with E-state index in [0.717, 1.165) is 88.2 Å². The number of rotatable bonds is 5. The van der Waals surface area contributed by atoms with Gasteiger partial charge in [-0.3, -0.25) is 0 Å². The summed E-state index contributed by atoms with van der Waals surface area (Å²) < 4.78 is 15.7. The molecule has 0 spiro atoms. The first-order chi connectivity index (χ1) is 34.2. The minimum absolute atomic E-state index is 0.533. The van der Waals surface area contributed by atoms with Crippen LogP contribution in [0.2, 0.25) is 0 Å². The van der Waals surface area contributed by atoms with Crippen LogP contribution >= 0.6 is 0 Å². The molecule has 0 saturated heterocycles. The van der Waals surface area contributed by atoms with Gasteiger partial charge in [0, 0.05) is 54.5 Å². The van der Waals surface area contributed by atoms with Gasteiger partial charge in [0.25, 0.3) is 0 Å². The van der Waals surface area contributed by atoms with Crippen LogP contribution in [-0.4, -0.2) is 19.5 Å². The third kappa shape index (κ3) is 5.82. The molecule has 6 heteroatoms. The molecule has 4 aromatic heterocycles. The number of fused-ring (bicyclic) bond motifs is 14. The van der Waals surface area contributed by atoms with Crippen LogP contribution in [0.5, 0.6) is 0 Å². The minimum Gasteiger partial charge on any atom is -0.456 e. The van der Waals surface area contributed by atoms with Gasteiger partial charge in [-0.05, 0) is 98.7 Å². The zero-order valence-electron chi connectivity index (χ0n) is 36.9. The second-order valence-corrected chi connectivity index (χ2v) is 17.9. The second-order valence-electron chi connectivity index (χ2n) is 17.9. The average Bonchev–Trinajstić information content (AvgIpc) is 4.10.